The van der Waals surface area contributed by atoms with Crippen LogP contribution in [-0.4, -0.2) is 21.9 Å². The molecule has 1 N–H and O–H groups in total. The van der Waals surface area contributed by atoms with E-state index in [-0.39, 0.29) is 5.92 Å². The number of carbonyl (C=O) groups is 2. The molecule has 0 aromatic carbocycles. The van der Waals surface area contributed by atoms with Gasteiger partial charge in [-0.1, -0.05) is 31.5 Å². The van der Waals surface area contributed by atoms with Gasteiger partial charge < -0.3 is 9.84 Å². The fraction of sp³-hybridized carbons (Fsp3) is 0.294. The van der Waals surface area contributed by atoms with Crippen molar-refractivity contribution in [3.05, 3.63) is 59.3 Å². The number of ether oxygens (including phenoxy) is 1. The number of halogens is 1. The fourth-order valence-corrected chi connectivity index (χ4v) is 2.80. The number of hydrogen-bond acceptors (Lipinski definition) is 3. The molecule has 0 fully saturated rings. The van der Waals surface area contributed by atoms with E-state index in [1.807, 2.05) is 12.2 Å². The van der Waals surface area contributed by atoms with Gasteiger partial charge in [-0.25, -0.2) is 4.79 Å². The van der Waals surface area contributed by atoms with Crippen LogP contribution in [0.25, 0.3) is 0 Å². The van der Waals surface area contributed by atoms with Crippen LogP contribution >= 0.6 is 11.6 Å². The van der Waals surface area contributed by atoms with Crippen LogP contribution in [0.2, 0.25) is 0 Å². The highest BCUT2D eigenvalue weighted by Gasteiger charge is 2.28. The zero-order valence-electron chi connectivity index (χ0n) is 12.9. The molecule has 0 spiro atoms. The molecular formula is C17H18ClNO4. The summed E-state index contributed by atoms with van der Waals surface area (Å²) in [5.74, 6) is -0.610. The minimum Gasteiger partial charge on any atom is -0.478 e. The maximum absolute atomic E-state index is 12.0. The quantitative estimate of drug-likeness (QED) is 0.798. The molecule has 1 aliphatic carbocycles. The number of carboxylic acids is 1. The third-order valence-electron chi connectivity index (χ3n) is 3.65. The van der Waals surface area contributed by atoms with Gasteiger partial charge in [0, 0.05) is 29.0 Å². The largest absolute Gasteiger partial charge is 0.478 e. The average Bonchev–Trinajstić information content (AvgIpc) is 2.52. The van der Waals surface area contributed by atoms with Gasteiger partial charge in [0.1, 0.15) is 12.0 Å². The molecular weight excluding hydrogens is 318 g/mol. The standard InChI is InChI=1S/C17H18ClNO4/c1-11(2)12-4-3-5-13(18)17(12)14-10-19(8-9-23-14)15(20)6-7-16(21)22/h3,5-12H,4H2,1-2H3,(H,21,22)/b7-6+. The summed E-state index contributed by atoms with van der Waals surface area (Å²) in [6.07, 6.45) is 10.8. The second kappa shape index (κ2) is 7.33. The lowest BCUT2D eigenvalue weighted by Crippen LogP contribution is -2.24. The Labute approximate surface area is 139 Å². The van der Waals surface area contributed by atoms with Crippen molar-refractivity contribution in [2.45, 2.75) is 20.3 Å². The first kappa shape index (κ1) is 17.1. The minimum atomic E-state index is -1.18. The molecule has 0 aromatic rings. The van der Waals surface area contributed by atoms with E-state index in [1.165, 1.54) is 23.6 Å². The first-order chi connectivity index (χ1) is 10.9. The van der Waals surface area contributed by atoms with E-state index in [2.05, 4.69) is 13.8 Å². The van der Waals surface area contributed by atoms with Crippen molar-refractivity contribution in [3.8, 4) is 0 Å². The van der Waals surface area contributed by atoms with Crippen LogP contribution in [0.1, 0.15) is 20.3 Å². The van der Waals surface area contributed by atoms with Crippen molar-refractivity contribution in [1.82, 2.24) is 4.90 Å². The third kappa shape index (κ3) is 4.13. The van der Waals surface area contributed by atoms with Gasteiger partial charge in [0.2, 0.25) is 0 Å². The van der Waals surface area contributed by atoms with E-state index in [0.717, 1.165) is 24.1 Å². The van der Waals surface area contributed by atoms with Crippen LogP contribution in [-0.2, 0) is 14.3 Å². The highest BCUT2D eigenvalue weighted by molar-refractivity contribution is 6.32. The van der Waals surface area contributed by atoms with Gasteiger partial charge in [0.05, 0.1) is 6.20 Å². The molecule has 122 valence electrons. The number of nitrogens with zero attached hydrogens (tertiary/aromatic N) is 1. The Balaban J connectivity index is 2.30. The van der Waals surface area contributed by atoms with Crippen LogP contribution < -0.4 is 0 Å². The summed E-state index contributed by atoms with van der Waals surface area (Å²) >= 11 is 6.34. The van der Waals surface area contributed by atoms with Gasteiger partial charge in [-0.05, 0) is 24.3 Å². The minimum absolute atomic E-state index is 0.191. The predicted molar refractivity (Wildman–Crippen MR) is 86.9 cm³/mol. The average molecular weight is 336 g/mol. The molecule has 0 saturated carbocycles. The molecule has 2 rings (SSSR count). The first-order valence-electron chi connectivity index (χ1n) is 7.25. The topological polar surface area (TPSA) is 66.8 Å². The zero-order chi connectivity index (χ0) is 17.0. The van der Waals surface area contributed by atoms with Gasteiger partial charge >= 0.3 is 5.97 Å². The van der Waals surface area contributed by atoms with Crippen molar-refractivity contribution >= 4 is 23.5 Å². The molecule has 1 aliphatic heterocycles. The van der Waals surface area contributed by atoms with Crippen LogP contribution in [0.3, 0.4) is 0 Å². The summed E-state index contributed by atoms with van der Waals surface area (Å²) < 4.78 is 5.54. The molecule has 23 heavy (non-hydrogen) atoms. The second-order valence-corrected chi connectivity index (χ2v) is 5.97. The molecule has 1 heterocycles. The van der Waals surface area contributed by atoms with Gasteiger partial charge in [-0.2, -0.15) is 0 Å². The SMILES string of the molecule is CC(C)C1CC=CC(Cl)=C1C1=CN(C(=O)/C=C/C(=O)O)C=CO1. The Morgan fingerprint density at radius 3 is 2.83 bits per heavy atom. The lowest BCUT2D eigenvalue weighted by Gasteiger charge is -2.29. The monoisotopic (exact) mass is 335 g/mol. The molecule has 0 bridgehead atoms. The van der Waals surface area contributed by atoms with Crippen molar-refractivity contribution in [1.29, 1.82) is 0 Å². The van der Waals surface area contributed by atoms with Crippen molar-refractivity contribution < 1.29 is 19.4 Å². The summed E-state index contributed by atoms with van der Waals surface area (Å²) in [5, 5.41) is 9.19. The second-order valence-electron chi connectivity index (χ2n) is 5.56. The Hall–Kier alpha value is -2.27. The Bertz CT molecular complexity index is 656. The highest BCUT2D eigenvalue weighted by Crippen LogP contribution is 2.38. The van der Waals surface area contributed by atoms with Crippen molar-refractivity contribution in [2.75, 3.05) is 0 Å². The summed E-state index contributed by atoms with van der Waals surface area (Å²) in [6, 6.07) is 0. The third-order valence-corrected chi connectivity index (χ3v) is 3.98. The molecule has 5 nitrogen and oxygen atoms in total. The smallest absolute Gasteiger partial charge is 0.328 e. The highest BCUT2D eigenvalue weighted by atomic mass is 35.5. The number of allylic oxidation sites excluding steroid dienone is 4. The lowest BCUT2D eigenvalue weighted by molar-refractivity contribution is -0.132. The molecule has 6 heteroatoms. The van der Waals surface area contributed by atoms with Gasteiger partial charge in [-0.15, -0.1) is 0 Å². The number of amides is 1. The van der Waals surface area contributed by atoms with Crippen LogP contribution in [0.5, 0.6) is 0 Å². The summed E-state index contributed by atoms with van der Waals surface area (Å²) in [4.78, 5) is 23.8. The van der Waals surface area contributed by atoms with Crippen molar-refractivity contribution in [2.24, 2.45) is 11.8 Å². The van der Waals surface area contributed by atoms with Crippen LogP contribution in [0, 0.1) is 11.8 Å². The molecule has 0 saturated heterocycles. The number of carboxylic acid groups (broad SMARTS) is 1. The lowest BCUT2D eigenvalue weighted by atomic mass is 9.81. The number of hydrogen-bond donors (Lipinski definition) is 1. The molecule has 2 aliphatic rings. The molecule has 0 radical (unpaired) electrons. The summed E-state index contributed by atoms with van der Waals surface area (Å²) in [5.41, 5.74) is 0.855. The van der Waals surface area contributed by atoms with E-state index in [1.54, 1.807) is 0 Å². The molecule has 1 atom stereocenters. The maximum atomic E-state index is 12.0. The first-order valence-corrected chi connectivity index (χ1v) is 7.63. The van der Waals surface area contributed by atoms with Gasteiger partial charge in [0.15, 0.2) is 0 Å². The molecule has 0 aromatic heterocycles. The Morgan fingerprint density at radius 2 is 2.17 bits per heavy atom. The number of carbonyl (C=O) groups excluding carboxylic acids is 1. The summed E-state index contributed by atoms with van der Waals surface area (Å²) in [6.45, 7) is 4.21. The van der Waals surface area contributed by atoms with Gasteiger partial charge in [0.25, 0.3) is 5.91 Å². The van der Waals surface area contributed by atoms with Crippen molar-refractivity contribution in [3.63, 3.8) is 0 Å². The predicted octanol–water partition coefficient (Wildman–Crippen LogP) is 3.52. The fourth-order valence-electron chi connectivity index (χ4n) is 2.48. The Morgan fingerprint density at radius 1 is 1.43 bits per heavy atom. The van der Waals surface area contributed by atoms with E-state index >= 15 is 0 Å². The molecule has 1 unspecified atom stereocenters. The van der Waals surface area contributed by atoms with E-state index in [0.29, 0.717) is 16.7 Å². The van der Waals surface area contributed by atoms with Gasteiger partial charge in [-0.3, -0.25) is 9.69 Å². The molecule has 1 amide bonds. The zero-order valence-corrected chi connectivity index (χ0v) is 13.7. The Kier molecular flexibility index (Phi) is 5.45. The van der Waals surface area contributed by atoms with Crippen LogP contribution in [0.15, 0.2) is 59.3 Å². The maximum Gasteiger partial charge on any atom is 0.328 e. The number of aliphatic carboxylic acids is 1. The number of rotatable bonds is 4. The van der Waals surface area contributed by atoms with E-state index in [4.69, 9.17) is 21.4 Å². The van der Waals surface area contributed by atoms with E-state index in [9.17, 15) is 9.59 Å². The van der Waals surface area contributed by atoms with E-state index < -0.39 is 11.9 Å². The normalized spacial score (nSPS) is 21.0. The van der Waals surface area contributed by atoms with Crippen LogP contribution in [0.4, 0.5) is 0 Å². The summed E-state index contributed by atoms with van der Waals surface area (Å²) in [7, 11) is 0.